The minimum Gasteiger partial charge on any atom is -0.381 e. The molecule has 2 heterocycles. The van der Waals surface area contributed by atoms with E-state index in [0.29, 0.717) is 10.8 Å². The van der Waals surface area contributed by atoms with E-state index in [2.05, 4.69) is 39.5 Å². The van der Waals surface area contributed by atoms with E-state index in [4.69, 9.17) is 4.74 Å². The van der Waals surface area contributed by atoms with Gasteiger partial charge in [0.1, 0.15) is 0 Å². The van der Waals surface area contributed by atoms with Gasteiger partial charge in [0, 0.05) is 0 Å². The Morgan fingerprint density at radius 3 is 2.31 bits per heavy atom. The predicted molar refractivity (Wildman–Crippen MR) is 71.9 cm³/mol. The normalized spacial score (nSPS) is 38.2. The molecular formula is C14H26OS. The monoisotopic (exact) mass is 242 g/mol. The summed E-state index contributed by atoms with van der Waals surface area (Å²) in [6.07, 6.45) is 2.73. The van der Waals surface area contributed by atoms with E-state index in [1.807, 2.05) is 0 Å². The highest BCUT2D eigenvalue weighted by Crippen LogP contribution is 2.49. The molecule has 0 bridgehead atoms. The Morgan fingerprint density at radius 1 is 1.00 bits per heavy atom. The highest BCUT2D eigenvalue weighted by Gasteiger charge is 2.46. The summed E-state index contributed by atoms with van der Waals surface area (Å²) in [5.74, 6) is 4.16. The van der Waals surface area contributed by atoms with Gasteiger partial charge in [-0.2, -0.15) is 11.8 Å². The molecule has 16 heavy (non-hydrogen) atoms. The van der Waals surface area contributed by atoms with Crippen LogP contribution in [-0.4, -0.2) is 24.7 Å². The van der Waals surface area contributed by atoms with Crippen LogP contribution in [0.4, 0.5) is 0 Å². The molecule has 0 radical (unpaired) electrons. The van der Waals surface area contributed by atoms with Gasteiger partial charge in [-0.1, -0.05) is 27.7 Å². The van der Waals surface area contributed by atoms with Gasteiger partial charge < -0.3 is 4.74 Å². The van der Waals surface area contributed by atoms with Crippen molar-refractivity contribution in [1.82, 2.24) is 0 Å². The third kappa shape index (κ3) is 2.43. The third-order valence-electron chi connectivity index (χ3n) is 4.67. The molecule has 0 spiro atoms. The molecule has 0 aromatic heterocycles. The quantitative estimate of drug-likeness (QED) is 0.638. The van der Waals surface area contributed by atoms with Crippen molar-refractivity contribution in [2.45, 2.75) is 40.5 Å². The number of fused-ring (bicyclic) bond motifs is 1. The molecule has 2 heteroatoms. The van der Waals surface area contributed by atoms with Crippen LogP contribution in [0.25, 0.3) is 0 Å². The average molecular weight is 242 g/mol. The molecule has 2 atom stereocenters. The SMILES string of the molecule is CC1(C)CCCSCC(C)(C)C2COCC21. The van der Waals surface area contributed by atoms with Crippen molar-refractivity contribution in [2.75, 3.05) is 24.7 Å². The summed E-state index contributed by atoms with van der Waals surface area (Å²) in [7, 11) is 0. The van der Waals surface area contributed by atoms with E-state index in [0.717, 1.165) is 25.0 Å². The molecule has 0 aromatic carbocycles. The molecule has 2 aliphatic rings. The van der Waals surface area contributed by atoms with E-state index >= 15 is 0 Å². The minimum absolute atomic E-state index is 0.438. The molecule has 0 aromatic rings. The number of hydrogen-bond acceptors (Lipinski definition) is 2. The van der Waals surface area contributed by atoms with Crippen molar-refractivity contribution in [3.05, 3.63) is 0 Å². The molecule has 2 aliphatic heterocycles. The van der Waals surface area contributed by atoms with E-state index < -0.39 is 0 Å². The van der Waals surface area contributed by atoms with Gasteiger partial charge in [0.05, 0.1) is 13.2 Å². The minimum atomic E-state index is 0.438. The Kier molecular flexibility index (Phi) is 3.61. The van der Waals surface area contributed by atoms with Gasteiger partial charge in [-0.15, -0.1) is 0 Å². The number of thioether (sulfide) groups is 1. The fourth-order valence-corrected chi connectivity index (χ4v) is 4.59. The standard InChI is InChI=1S/C14H26OS/c1-13(2)6-5-7-16-10-14(3,4)12-9-15-8-11(12)13/h11-12H,5-10H2,1-4H3. The summed E-state index contributed by atoms with van der Waals surface area (Å²) in [6, 6.07) is 0. The zero-order chi connectivity index (χ0) is 11.8. The van der Waals surface area contributed by atoms with Crippen molar-refractivity contribution >= 4 is 11.8 Å². The molecule has 0 N–H and O–H groups in total. The van der Waals surface area contributed by atoms with Crippen molar-refractivity contribution in [3.8, 4) is 0 Å². The Balaban J connectivity index is 2.23. The molecule has 2 saturated heterocycles. The maximum Gasteiger partial charge on any atom is 0.0503 e. The molecule has 0 aliphatic carbocycles. The van der Waals surface area contributed by atoms with Gasteiger partial charge in [-0.05, 0) is 47.0 Å². The molecule has 2 rings (SSSR count). The lowest BCUT2D eigenvalue weighted by Gasteiger charge is -2.40. The number of hydrogen-bond donors (Lipinski definition) is 0. The van der Waals surface area contributed by atoms with Crippen LogP contribution >= 0.6 is 11.8 Å². The van der Waals surface area contributed by atoms with Gasteiger partial charge in [0.15, 0.2) is 0 Å². The van der Waals surface area contributed by atoms with E-state index in [9.17, 15) is 0 Å². The summed E-state index contributed by atoms with van der Waals surface area (Å²) in [5.41, 5.74) is 0.900. The predicted octanol–water partition coefficient (Wildman–Crippen LogP) is 3.83. The number of ether oxygens (including phenoxy) is 1. The van der Waals surface area contributed by atoms with Crippen LogP contribution in [-0.2, 0) is 4.74 Å². The van der Waals surface area contributed by atoms with Gasteiger partial charge in [0.2, 0.25) is 0 Å². The number of rotatable bonds is 0. The third-order valence-corrected chi connectivity index (χ3v) is 6.20. The Labute approximate surface area is 105 Å². The van der Waals surface area contributed by atoms with Crippen molar-refractivity contribution in [2.24, 2.45) is 22.7 Å². The van der Waals surface area contributed by atoms with Gasteiger partial charge in [-0.3, -0.25) is 0 Å². The summed E-state index contributed by atoms with van der Waals surface area (Å²) < 4.78 is 5.81. The zero-order valence-corrected chi connectivity index (χ0v) is 12.0. The van der Waals surface area contributed by atoms with Gasteiger partial charge in [-0.25, -0.2) is 0 Å². The summed E-state index contributed by atoms with van der Waals surface area (Å²) in [5, 5.41) is 0. The van der Waals surface area contributed by atoms with Crippen molar-refractivity contribution in [3.63, 3.8) is 0 Å². The first-order valence-corrected chi connectivity index (χ1v) is 7.74. The highest BCUT2D eigenvalue weighted by molar-refractivity contribution is 7.99. The summed E-state index contributed by atoms with van der Waals surface area (Å²) in [4.78, 5) is 0. The largest absolute Gasteiger partial charge is 0.381 e. The molecule has 2 unspecified atom stereocenters. The topological polar surface area (TPSA) is 9.23 Å². The molecule has 94 valence electrons. The van der Waals surface area contributed by atoms with Crippen molar-refractivity contribution < 1.29 is 4.74 Å². The van der Waals surface area contributed by atoms with Crippen LogP contribution in [0.5, 0.6) is 0 Å². The first kappa shape index (κ1) is 12.8. The van der Waals surface area contributed by atoms with Crippen LogP contribution in [0, 0.1) is 22.7 Å². The fourth-order valence-electron chi connectivity index (χ4n) is 3.35. The van der Waals surface area contributed by atoms with Crippen LogP contribution < -0.4 is 0 Å². The average Bonchev–Trinajstić information content (AvgIpc) is 2.65. The molecule has 2 fully saturated rings. The van der Waals surface area contributed by atoms with E-state index in [1.54, 1.807) is 0 Å². The fraction of sp³-hybridized carbons (Fsp3) is 1.00. The smallest absolute Gasteiger partial charge is 0.0503 e. The maximum atomic E-state index is 5.81. The summed E-state index contributed by atoms with van der Waals surface area (Å²) >= 11 is 2.14. The van der Waals surface area contributed by atoms with Gasteiger partial charge >= 0.3 is 0 Å². The van der Waals surface area contributed by atoms with E-state index in [1.165, 1.54) is 24.3 Å². The van der Waals surface area contributed by atoms with Gasteiger partial charge in [0.25, 0.3) is 0 Å². The second-order valence-electron chi connectivity index (χ2n) is 6.88. The second-order valence-corrected chi connectivity index (χ2v) is 7.99. The zero-order valence-electron chi connectivity index (χ0n) is 11.2. The lowest BCUT2D eigenvalue weighted by atomic mass is 9.64. The summed E-state index contributed by atoms with van der Waals surface area (Å²) in [6.45, 7) is 11.8. The second kappa shape index (κ2) is 4.53. The molecule has 0 amide bonds. The maximum absolute atomic E-state index is 5.81. The Bertz CT molecular complexity index is 223. The highest BCUT2D eigenvalue weighted by atomic mass is 32.2. The Morgan fingerprint density at radius 2 is 1.62 bits per heavy atom. The Hall–Kier alpha value is 0.310. The van der Waals surface area contributed by atoms with E-state index in [-0.39, 0.29) is 0 Å². The van der Waals surface area contributed by atoms with Crippen LogP contribution in [0.2, 0.25) is 0 Å². The lowest BCUT2D eigenvalue weighted by molar-refractivity contribution is 0.0979. The molecule has 1 nitrogen and oxygen atoms in total. The van der Waals surface area contributed by atoms with Crippen LogP contribution in [0.1, 0.15) is 40.5 Å². The molecule has 0 saturated carbocycles. The first-order chi connectivity index (χ1) is 7.43. The molecular weight excluding hydrogens is 216 g/mol. The van der Waals surface area contributed by atoms with Crippen molar-refractivity contribution in [1.29, 1.82) is 0 Å². The van der Waals surface area contributed by atoms with Crippen LogP contribution in [0.15, 0.2) is 0 Å². The first-order valence-electron chi connectivity index (χ1n) is 6.59. The lowest BCUT2D eigenvalue weighted by Crippen LogP contribution is -2.38. The van der Waals surface area contributed by atoms with Crippen LogP contribution in [0.3, 0.4) is 0 Å².